The normalized spacial score (nSPS) is 14.7. The predicted octanol–water partition coefficient (Wildman–Crippen LogP) is 10.1. The molecule has 19 heteroatoms. The third kappa shape index (κ3) is 13.3. The van der Waals surface area contributed by atoms with Gasteiger partial charge in [-0.2, -0.15) is 26.3 Å². The predicted molar refractivity (Wildman–Crippen MR) is 307 cm³/mol. The van der Waals surface area contributed by atoms with E-state index in [9.17, 15) is 35.9 Å². The van der Waals surface area contributed by atoms with Crippen molar-refractivity contribution in [2.75, 3.05) is 88.1 Å². The monoisotopic (exact) mass is 1110 g/mol. The number of pyridine rings is 3. The summed E-state index contributed by atoms with van der Waals surface area (Å²) in [5, 5.41) is 8.41. The van der Waals surface area contributed by atoms with Crippen molar-refractivity contribution >= 4 is 56.4 Å². The molecule has 0 bridgehead atoms. The maximum absolute atomic E-state index is 14.8. The van der Waals surface area contributed by atoms with Gasteiger partial charge in [0.2, 0.25) is 0 Å². The van der Waals surface area contributed by atoms with Crippen LogP contribution in [-0.4, -0.2) is 112 Å². The van der Waals surface area contributed by atoms with Gasteiger partial charge in [-0.1, -0.05) is 84.3 Å². The zero-order valence-corrected chi connectivity index (χ0v) is 45.0. The number of amides is 2. The molecule has 13 nitrogen and oxygen atoms in total. The topological polar surface area (TPSA) is 162 Å². The van der Waals surface area contributed by atoms with Crippen molar-refractivity contribution in [3.8, 4) is 23.7 Å². The number of nitrogens with zero attached hydrogens (tertiary/aromatic N) is 7. The summed E-state index contributed by atoms with van der Waals surface area (Å²) >= 11 is 0. The van der Waals surface area contributed by atoms with Crippen molar-refractivity contribution in [2.24, 2.45) is 0 Å². The van der Waals surface area contributed by atoms with E-state index < -0.39 is 35.3 Å². The average molecular weight is 1110 g/mol. The summed E-state index contributed by atoms with van der Waals surface area (Å²) in [5.41, 5.74) is 14.6. The number of aryl methyl sites for hydroxylation is 1. The molecule has 6 N–H and O–H groups in total. The van der Waals surface area contributed by atoms with E-state index in [1.54, 1.807) is 43.6 Å². The van der Waals surface area contributed by atoms with Gasteiger partial charge in [0.1, 0.15) is 11.6 Å². The molecule has 0 aliphatic carbocycles. The number of carbonyl (C=O) groups is 2. The molecular weight excluding hydrogens is 1060 g/mol. The van der Waals surface area contributed by atoms with E-state index in [0.717, 1.165) is 46.8 Å². The van der Waals surface area contributed by atoms with Crippen LogP contribution in [0.1, 0.15) is 76.5 Å². The van der Waals surface area contributed by atoms with Gasteiger partial charge in [0.25, 0.3) is 11.8 Å². The number of nitrogen functional groups attached to an aromatic ring is 2. The largest absolute Gasteiger partial charge is 0.416 e. The fourth-order valence-electron chi connectivity index (χ4n) is 10.2. The molecule has 5 aromatic carbocycles. The smallest absolute Gasteiger partial charge is 0.383 e. The Balaban J connectivity index is 0.812. The Hall–Kier alpha value is -8.85. The summed E-state index contributed by atoms with van der Waals surface area (Å²) < 4.78 is 87.7. The molecule has 0 spiro atoms. The van der Waals surface area contributed by atoms with Gasteiger partial charge in [-0.3, -0.25) is 24.4 Å². The lowest BCUT2D eigenvalue weighted by Crippen LogP contribution is -2.46. The van der Waals surface area contributed by atoms with E-state index in [1.165, 1.54) is 30.5 Å². The average Bonchev–Trinajstić information content (AvgIpc) is 3.60. The number of anilines is 4. The zero-order valence-electron chi connectivity index (χ0n) is 45.0. The van der Waals surface area contributed by atoms with Crippen molar-refractivity contribution < 1.29 is 35.9 Å². The second-order valence-electron chi connectivity index (χ2n) is 20.5. The second kappa shape index (κ2) is 24.1. The molecule has 0 radical (unpaired) electrons. The minimum absolute atomic E-state index is 0.00607. The SMILES string of the molecule is Cc1ncc(C(=O)Nc2ccc(CN3CCN(CCc4cc(C(=O)Nc5ccc(CN6CCN(C)CC6)c(C(F)(F)F)c5)ccc4C#Cc4cnc(N)c5ccccc45)CC3)c(C(F)(F)F)c2)cc1C#Cc1cnc(N)c2ccccc12. The molecule has 2 saturated heterocycles. The fourth-order valence-corrected chi connectivity index (χ4v) is 10.2. The highest BCUT2D eigenvalue weighted by Crippen LogP contribution is 2.37. The van der Waals surface area contributed by atoms with E-state index in [-0.39, 0.29) is 46.7 Å². The summed E-state index contributed by atoms with van der Waals surface area (Å²) in [6.07, 6.45) is -4.44. The van der Waals surface area contributed by atoms with E-state index in [4.69, 9.17) is 11.5 Å². The number of benzene rings is 5. The Labute approximate surface area is 470 Å². The van der Waals surface area contributed by atoms with Gasteiger partial charge in [0.05, 0.1) is 33.5 Å². The van der Waals surface area contributed by atoms with Crippen LogP contribution in [0.5, 0.6) is 0 Å². The molecule has 2 fully saturated rings. The Morgan fingerprint density at radius 1 is 0.512 bits per heavy atom. The standard InChI is InChI=1S/C63H57F6N11O2/c1-40-42(13-16-46-36-74-59(71)55-10-6-4-8-53(46)55)31-49(37-72-40)61(82)76-51-20-18-48(57(34-51)63(67,68)69)39-80-29-27-78(28-30-80)22-21-43-32-44(14-11-41(43)12-15-45-35-73-58(70)54-9-5-3-7-52(45)54)60(81)75-50-19-17-47(56(33-50)62(64,65)66)38-79-25-23-77(2)24-26-79/h3-11,14,17-20,31-37H,21-30,38-39H2,1-2H3,(H2,70,73)(H2,71,74)(H,75,81)(H,76,82). The van der Waals surface area contributed by atoms with Crippen molar-refractivity contribution in [1.29, 1.82) is 0 Å². The molecule has 2 aliphatic heterocycles. The molecule has 0 atom stereocenters. The van der Waals surface area contributed by atoms with E-state index in [0.29, 0.717) is 97.4 Å². The number of nitrogens with two attached hydrogens (primary N) is 2. The highest BCUT2D eigenvalue weighted by molar-refractivity contribution is 6.05. The zero-order chi connectivity index (χ0) is 57.7. The summed E-state index contributed by atoms with van der Waals surface area (Å²) in [5.74, 6) is 12.1. The number of likely N-dealkylation sites (N-methyl/N-ethyl adjacent to an activating group) is 1. The quantitative estimate of drug-likeness (QED) is 0.0721. The molecule has 418 valence electrons. The first kappa shape index (κ1) is 56.4. The number of aromatic nitrogens is 3. The Kier molecular flexibility index (Phi) is 16.6. The lowest BCUT2D eigenvalue weighted by atomic mass is 9.99. The number of halogens is 6. The Morgan fingerprint density at radius 3 is 1.50 bits per heavy atom. The van der Waals surface area contributed by atoms with Crippen molar-refractivity contribution in [1.82, 2.24) is 34.6 Å². The minimum atomic E-state index is -4.72. The summed E-state index contributed by atoms with van der Waals surface area (Å²) in [7, 11) is 1.98. The van der Waals surface area contributed by atoms with Crippen molar-refractivity contribution in [3.63, 3.8) is 0 Å². The molecule has 10 rings (SSSR count). The molecule has 2 amide bonds. The first-order valence-electron chi connectivity index (χ1n) is 26.6. The molecule has 3 aromatic heterocycles. The van der Waals surface area contributed by atoms with Gasteiger partial charge in [-0.25, -0.2) is 9.97 Å². The van der Waals surface area contributed by atoms with Crippen LogP contribution >= 0.6 is 0 Å². The number of piperazine rings is 2. The van der Waals surface area contributed by atoms with Crippen LogP contribution in [0, 0.1) is 30.6 Å². The second-order valence-corrected chi connectivity index (χ2v) is 20.5. The number of alkyl halides is 6. The highest BCUT2D eigenvalue weighted by atomic mass is 19.4. The van der Waals surface area contributed by atoms with E-state index >= 15 is 0 Å². The Morgan fingerprint density at radius 2 is 0.976 bits per heavy atom. The third-order valence-corrected chi connectivity index (χ3v) is 14.9. The molecule has 5 heterocycles. The molecule has 82 heavy (non-hydrogen) atoms. The van der Waals surface area contributed by atoms with Gasteiger partial charge in [0, 0.05) is 140 Å². The number of rotatable bonds is 11. The molecular formula is C63H57F6N11O2. The van der Waals surface area contributed by atoms with Gasteiger partial charge >= 0.3 is 12.4 Å². The summed E-state index contributed by atoms with van der Waals surface area (Å²) in [6.45, 7) is 7.13. The number of fused-ring (bicyclic) bond motifs is 2. The van der Waals surface area contributed by atoms with E-state index in [1.807, 2.05) is 65.4 Å². The van der Waals surface area contributed by atoms with Crippen LogP contribution in [-0.2, 0) is 31.9 Å². The van der Waals surface area contributed by atoms with Gasteiger partial charge in [-0.15, -0.1) is 0 Å². The highest BCUT2D eigenvalue weighted by Gasteiger charge is 2.36. The molecule has 0 saturated carbocycles. The first-order chi connectivity index (χ1) is 39.3. The maximum Gasteiger partial charge on any atom is 0.416 e. The van der Waals surface area contributed by atoms with Crippen LogP contribution < -0.4 is 22.1 Å². The fraction of sp³-hybridized carbons (Fsp3) is 0.254. The van der Waals surface area contributed by atoms with Crippen LogP contribution in [0.3, 0.4) is 0 Å². The minimum Gasteiger partial charge on any atom is -0.383 e. The van der Waals surface area contributed by atoms with Crippen molar-refractivity contribution in [2.45, 2.75) is 38.8 Å². The number of hydrogen-bond donors (Lipinski definition) is 4. The van der Waals surface area contributed by atoms with Crippen molar-refractivity contribution in [3.05, 3.63) is 195 Å². The first-order valence-corrected chi connectivity index (χ1v) is 26.6. The number of hydrogen-bond acceptors (Lipinski definition) is 11. The van der Waals surface area contributed by atoms with Gasteiger partial charge in [0.15, 0.2) is 0 Å². The molecule has 0 unspecified atom stereocenters. The lowest BCUT2D eigenvalue weighted by molar-refractivity contribution is -0.139. The van der Waals surface area contributed by atoms with Gasteiger partial charge < -0.3 is 31.9 Å². The van der Waals surface area contributed by atoms with Crippen LogP contribution in [0.25, 0.3) is 21.5 Å². The molecule has 8 aromatic rings. The Bertz CT molecular complexity index is 3860. The van der Waals surface area contributed by atoms with Crippen LogP contribution in [0.15, 0.2) is 128 Å². The maximum atomic E-state index is 14.8. The van der Waals surface area contributed by atoms with Crippen LogP contribution in [0.4, 0.5) is 49.4 Å². The lowest BCUT2D eigenvalue weighted by Gasteiger charge is -2.35. The summed E-state index contributed by atoms with van der Waals surface area (Å²) in [4.78, 5) is 48.5. The van der Waals surface area contributed by atoms with Gasteiger partial charge in [-0.05, 0) is 85.6 Å². The number of carbonyl (C=O) groups excluding carboxylic acids is 2. The number of nitrogens with one attached hydrogen (secondary N) is 2. The van der Waals surface area contributed by atoms with Crippen LogP contribution in [0.2, 0.25) is 0 Å². The third-order valence-electron chi connectivity index (χ3n) is 14.9. The van der Waals surface area contributed by atoms with E-state index in [2.05, 4.69) is 59.1 Å². The molecule has 2 aliphatic rings. The summed E-state index contributed by atoms with van der Waals surface area (Å²) in [6, 6.07) is 29.1.